The highest BCUT2D eigenvalue weighted by molar-refractivity contribution is 6.76. The van der Waals surface area contributed by atoms with Crippen molar-refractivity contribution in [1.29, 1.82) is 5.26 Å². The van der Waals surface area contributed by atoms with Gasteiger partial charge >= 0.3 is 6.09 Å². The second-order valence-corrected chi connectivity index (χ2v) is 17.2. The highest BCUT2D eigenvalue weighted by atomic mass is 28.3. The third-order valence-corrected chi connectivity index (χ3v) is 9.35. The largest absolute Gasteiger partial charge is 0.465 e. The van der Waals surface area contributed by atoms with E-state index in [-0.39, 0.29) is 18.4 Å². The molecule has 4 heterocycles. The predicted octanol–water partition coefficient (Wildman–Crippen LogP) is 3.58. The van der Waals surface area contributed by atoms with Crippen molar-refractivity contribution in [3.63, 3.8) is 0 Å². The van der Waals surface area contributed by atoms with Crippen molar-refractivity contribution < 1.29 is 16.0 Å². The van der Waals surface area contributed by atoms with E-state index in [1.165, 1.54) is 4.90 Å². The van der Waals surface area contributed by atoms with Crippen LogP contribution in [0.4, 0.5) is 4.79 Å². The molecule has 3 aromatic heterocycles. The minimum absolute atomic E-state index is 0.0800. The van der Waals surface area contributed by atoms with Crippen LogP contribution in [-0.2, 0) is 17.0 Å². The van der Waals surface area contributed by atoms with Gasteiger partial charge in [-0.25, -0.2) is 14.8 Å². The molecular weight excluding hydrogens is 500 g/mol. The summed E-state index contributed by atoms with van der Waals surface area (Å²) in [6.45, 7) is 8.11. The Balaban J connectivity index is 1.32. The van der Waals surface area contributed by atoms with Crippen LogP contribution < -0.4 is 5.32 Å². The number of nitriles is 1. The molecule has 2 aliphatic rings. The first-order valence-corrected chi connectivity index (χ1v) is 16.8. The Kier molecular flexibility index (Phi) is 6.90. The van der Waals surface area contributed by atoms with E-state index in [9.17, 15) is 15.2 Å². The number of rotatable bonds is 9. The normalized spacial score (nSPS) is 26.1. The first-order chi connectivity index (χ1) is 18.6. The van der Waals surface area contributed by atoms with Gasteiger partial charge in [0.05, 0.1) is 31.3 Å². The number of hydrogen-bond acceptors (Lipinski definition) is 7. The Hall–Kier alpha value is -3.27. The molecular formula is C26H36N8O3Si. The summed E-state index contributed by atoms with van der Waals surface area (Å²) in [6, 6.07) is 5.14. The number of piperazine rings is 1. The van der Waals surface area contributed by atoms with E-state index in [1.807, 2.05) is 27.7 Å². The van der Waals surface area contributed by atoms with Crippen molar-refractivity contribution in [2.75, 3.05) is 26.2 Å². The van der Waals surface area contributed by atoms with Gasteiger partial charge in [-0.15, -0.1) is 0 Å². The fraction of sp³-hybridized carbons (Fsp3) is 0.577. The maximum absolute atomic E-state index is 11.5. The summed E-state index contributed by atoms with van der Waals surface area (Å²) in [6.07, 6.45) is 7.73. The Morgan fingerprint density at radius 2 is 2.21 bits per heavy atom. The lowest BCUT2D eigenvalue weighted by Gasteiger charge is -2.51. The molecule has 3 aromatic rings. The van der Waals surface area contributed by atoms with Gasteiger partial charge < -0.3 is 24.6 Å². The summed E-state index contributed by atoms with van der Waals surface area (Å²) in [5.41, 5.74) is 1.91. The molecule has 202 valence electrons. The summed E-state index contributed by atoms with van der Waals surface area (Å²) in [5, 5.41) is 28.0. The molecule has 2 atom stereocenters. The fourth-order valence-electron chi connectivity index (χ4n) is 5.43. The van der Waals surface area contributed by atoms with E-state index in [1.54, 1.807) is 12.5 Å². The van der Waals surface area contributed by atoms with Gasteiger partial charge in [-0.05, 0) is 30.9 Å². The van der Waals surface area contributed by atoms with Crippen molar-refractivity contribution in [3.05, 3.63) is 31.0 Å². The van der Waals surface area contributed by atoms with Crippen LogP contribution in [0.2, 0.25) is 25.7 Å². The molecule has 0 bridgehead atoms. The van der Waals surface area contributed by atoms with Crippen molar-refractivity contribution >= 4 is 25.2 Å². The average molecular weight is 538 g/mol. The standard InChI is InChI=1S/C26H36N8O3Si/c1-38(2,3)11-10-37-18-33-8-4-21-23(29-17-30-24(21)33)20-14-31-34(15-20)26(5-6-27)12-19(13-26)22-16-32(25(35)36)9-7-28-22/h4,8,14-15,17,19,22,28H,5,7,9-13,16,18H2,1-3H3,(H,35,36)/i16D. The number of nitrogens with one attached hydrogen (secondary N) is 1. The molecule has 2 fully saturated rings. The lowest BCUT2D eigenvalue weighted by molar-refractivity contribution is 0.0156. The summed E-state index contributed by atoms with van der Waals surface area (Å²) in [5.74, 6) is 0.0800. The first kappa shape index (κ1) is 25.0. The molecule has 2 unspecified atom stereocenters. The van der Waals surface area contributed by atoms with E-state index in [0.717, 1.165) is 34.9 Å². The second kappa shape index (κ2) is 10.5. The van der Waals surface area contributed by atoms with Gasteiger partial charge in [0.25, 0.3) is 0 Å². The number of aromatic nitrogens is 5. The van der Waals surface area contributed by atoms with E-state index in [0.29, 0.717) is 32.7 Å². The molecule has 1 saturated heterocycles. The third kappa shape index (κ3) is 5.32. The molecule has 1 aliphatic carbocycles. The van der Waals surface area contributed by atoms with Gasteiger partial charge in [0, 0.05) is 63.7 Å². The Labute approximate surface area is 224 Å². The average Bonchev–Trinajstić information content (AvgIpc) is 3.51. The number of ether oxygens (including phenoxy) is 1. The zero-order valence-electron chi connectivity index (χ0n) is 23.2. The SMILES string of the molecule is [2H]C1C(C2CC(CC#N)(n3cc(-c4ncnc5c4ccn5COCC[Si](C)(C)C)cn3)C2)NCCN1C(=O)O. The lowest BCUT2D eigenvalue weighted by Crippen LogP contribution is -2.60. The van der Waals surface area contributed by atoms with Crippen molar-refractivity contribution in [2.45, 2.75) is 63.3 Å². The van der Waals surface area contributed by atoms with Crippen LogP contribution in [0.25, 0.3) is 22.3 Å². The van der Waals surface area contributed by atoms with E-state index < -0.39 is 26.2 Å². The molecule has 12 heteroatoms. The van der Waals surface area contributed by atoms with Gasteiger partial charge in [-0.2, -0.15) is 10.4 Å². The zero-order valence-corrected chi connectivity index (χ0v) is 23.2. The van der Waals surface area contributed by atoms with Gasteiger partial charge in [-0.1, -0.05) is 19.6 Å². The molecule has 0 spiro atoms. The Morgan fingerprint density at radius 3 is 2.95 bits per heavy atom. The molecule has 38 heavy (non-hydrogen) atoms. The lowest BCUT2D eigenvalue weighted by atomic mass is 9.63. The summed E-state index contributed by atoms with van der Waals surface area (Å²) >= 11 is 0. The number of carbonyl (C=O) groups is 1. The van der Waals surface area contributed by atoms with Crippen LogP contribution in [0.5, 0.6) is 0 Å². The summed E-state index contributed by atoms with van der Waals surface area (Å²) < 4.78 is 18.2. The van der Waals surface area contributed by atoms with Crippen molar-refractivity contribution in [2.24, 2.45) is 5.92 Å². The maximum Gasteiger partial charge on any atom is 0.407 e. The number of amides is 1. The monoisotopic (exact) mass is 537 g/mol. The van der Waals surface area contributed by atoms with E-state index >= 15 is 0 Å². The highest BCUT2D eigenvalue weighted by Crippen LogP contribution is 2.48. The highest BCUT2D eigenvalue weighted by Gasteiger charge is 2.50. The van der Waals surface area contributed by atoms with Crippen LogP contribution in [-0.4, -0.2) is 80.7 Å². The van der Waals surface area contributed by atoms with Gasteiger partial charge in [0.15, 0.2) is 0 Å². The Morgan fingerprint density at radius 1 is 1.39 bits per heavy atom. The van der Waals surface area contributed by atoms with Crippen LogP contribution in [0.15, 0.2) is 31.0 Å². The molecule has 1 amide bonds. The smallest absolute Gasteiger partial charge is 0.407 e. The number of nitrogens with zero attached hydrogens (tertiary/aromatic N) is 7. The second-order valence-electron chi connectivity index (χ2n) is 11.6. The van der Waals surface area contributed by atoms with E-state index in [2.05, 4.69) is 46.1 Å². The molecule has 11 nitrogen and oxygen atoms in total. The molecule has 1 aliphatic heterocycles. The van der Waals surface area contributed by atoms with Gasteiger partial charge in [0.2, 0.25) is 0 Å². The van der Waals surface area contributed by atoms with E-state index in [4.69, 9.17) is 6.11 Å². The predicted molar refractivity (Wildman–Crippen MR) is 145 cm³/mol. The molecule has 5 rings (SSSR count). The molecule has 2 N–H and O–H groups in total. The minimum atomic E-state index is -1.16. The minimum Gasteiger partial charge on any atom is -0.465 e. The number of hydrogen-bond donors (Lipinski definition) is 2. The van der Waals surface area contributed by atoms with Gasteiger partial charge in [-0.3, -0.25) is 4.68 Å². The quantitative estimate of drug-likeness (QED) is 0.312. The van der Waals surface area contributed by atoms with Crippen molar-refractivity contribution in [3.8, 4) is 17.3 Å². The van der Waals surface area contributed by atoms with Crippen LogP contribution in [0.1, 0.15) is 20.6 Å². The maximum atomic E-state index is 11.5. The fourth-order valence-corrected chi connectivity index (χ4v) is 6.19. The van der Waals surface area contributed by atoms with Crippen molar-refractivity contribution in [1.82, 2.24) is 34.5 Å². The Bertz CT molecular complexity index is 1370. The molecule has 1 saturated carbocycles. The summed E-state index contributed by atoms with van der Waals surface area (Å²) in [4.78, 5) is 21.8. The zero-order chi connectivity index (χ0) is 27.8. The van der Waals surface area contributed by atoms with Crippen LogP contribution in [0.3, 0.4) is 0 Å². The molecule has 0 aromatic carbocycles. The topological polar surface area (TPSA) is 134 Å². The van der Waals surface area contributed by atoms with Gasteiger partial charge in [0.1, 0.15) is 18.7 Å². The van der Waals surface area contributed by atoms with Crippen LogP contribution in [0, 0.1) is 17.2 Å². The first-order valence-electron chi connectivity index (χ1n) is 13.6. The summed E-state index contributed by atoms with van der Waals surface area (Å²) in [7, 11) is -1.16. The van der Waals surface area contributed by atoms with Crippen LogP contribution >= 0.6 is 0 Å². The molecule has 0 radical (unpaired) electrons. The third-order valence-electron chi connectivity index (χ3n) is 7.64. The number of carboxylic acid groups (broad SMARTS) is 1. The number of fused-ring (bicyclic) bond motifs is 1.